The first-order valence-corrected chi connectivity index (χ1v) is 17.5. The molecule has 1 saturated heterocycles. The number of halogens is 2. The van der Waals surface area contributed by atoms with Crippen LogP contribution in [-0.4, -0.2) is 90.8 Å². The van der Waals surface area contributed by atoms with Crippen molar-refractivity contribution >= 4 is 46.1 Å². The lowest BCUT2D eigenvalue weighted by Crippen LogP contribution is -2.41. The number of hydrogen-bond acceptors (Lipinski definition) is 8. The van der Waals surface area contributed by atoms with Crippen LogP contribution in [-0.2, 0) is 41.4 Å². The largest absolute Gasteiger partial charge is 0.444 e. The zero-order chi connectivity index (χ0) is 34.1. The zero-order valence-electron chi connectivity index (χ0n) is 28.0. The first-order chi connectivity index (χ1) is 23.1. The van der Waals surface area contributed by atoms with E-state index in [2.05, 4.69) is 26.5 Å². The highest BCUT2D eigenvalue weighted by Gasteiger charge is 2.29. The third-order valence-corrected chi connectivity index (χ3v) is 8.99. The first-order valence-electron chi connectivity index (χ1n) is 16.8. The van der Waals surface area contributed by atoms with Gasteiger partial charge in [-0.1, -0.05) is 29.3 Å². The lowest BCUT2D eigenvalue weighted by molar-refractivity contribution is -0.123. The van der Waals surface area contributed by atoms with Gasteiger partial charge in [-0.3, -0.25) is 4.79 Å². The summed E-state index contributed by atoms with van der Waals surface area (Å²) >= 11 is 13.3. The maximum absolute atomic E-state index is 12.8. The molecule has 2 atom stereocenters. The van der Waals surface area contributed by atoms with Crippen molar-refractivity contribution in [2.24, 2.45) is 0 Å². The summed E-state index contributed by atoms with van der Waals surface area (Å²) in [5.74, 6) is -0.0627. The van der Waals surface area contributed by atoms with E-state index < -0.39 is 11.7 Å². The van der Waals surface area contributed by atoms with Gasteiger partial charge in [-0.25, -0.2) is 9.48 Å². The molecule has 0 radical (unpaired) electrons. The Labute approximate surface area is 291 Å². The fraction of sp³-hybridized carbons (Fsp3) is 0.618. The maximum atomic E-state index is 12.8. The van der Waals surface area contributed by atoms with Gasteiger partial charge in [0.05, 0.1) is 61.4 Å². The first kappa shape index (κ1) is 36.4. The predicted molar refractivity (Wildman–Crippen MR) is 184 cm³/mol. The molecule has 1 fully saturated rings. The molecule has 2 amide bonds. The summed E-state index contributed by atoms with van der Waals surface area (Å²) in [4.78, 5) is 24.4. The van der Waals surface area contributed by atoms with Crippen LogP contribution in [0.3, 0.4) is 0 Å². The number of hydrogen-bond donors (Lipinski definition) is 2. The van der Waals surface area contributed by atoms with Crippen molar-refractivity contribution < 1.29 is 33.3 Å². The molecule has 1 aromatic carbocycles. The number of benzene rings is 1. The molecule has 2 aliphatic rings. The molecular formula is C34H47Cl2N5O7. The van der Waals surface area contributed by atoms with Gasteiger partial charge in [-0.05, 0) is 58.9 Å². The van der Waals surface area contributed by atoms with E-state index in [1.54, 1.807) is 0 Å². The fourth-order valence-electron chi connectivity index (χ4n) is 6.06. The summed E-state index contributed by atoms with van der Waals surface area (Å²) < 4.78 is 31.8. The Morgan fingerprint density at radius 1 is 1.02 bits per heavy atom. The summed E-state index contributed by atoms with van der Waals surface area (Å²) in [7, 11) is 0. The minimum atomic E-state index is -0.531. The molecule has 5 rings (SSSR count). The Hall–Kier alpha value is -2.87. The van der Waals surface area contributed by atoms with Gasteiger partial charge < -0.3 is 38.9 Å². The van der Waals surface area contributed by atoms with Crippen molar-refractivity contribution in [1.82, 2.24) is 25.0 Å². The monoisotopic (exact) mass is 707 g/mol. The van der Waals surface area contributed by atoms with E-state index in [1.165, 1.54) is 0 Å². The summed E-state index contributed by atoms with van der Waals surface area (Å²) in [5, 5.41) is 12.5. The molecule has 2 unspecified atom stereocenters. The Morgan fingerprint density at radius 2 is 1.77 bits per heavy atom. The molecule has 3 aromatic rings. The third kappa shape index (κ3) is 9.86. The van der Waals surface area contributed by atoms with Crippen LogP contribution in [0.15, 0.2) is 24.5 Å². The third-order valence-electron chi connectivity index (χ3n) is 8.19. The van der Waals surface area contributed by atoms with Crippen LogP contribution in [0.5, 0.6) is 0 Å². The number of fused-ring (bicyclic) bond motifs is 3. The number of alkyl carbamates (subject to hydrolysis) is 1. The molecule has 12 nitrogen and oxygen atoms in total. The summed E-state index contributed by atoms with van der Waals surface area (Å²) in [5.41, 5.74) is 3.63. The van der Waals surface area contributed by atoms with E-state index >= 15 is 0 Å². The second-order valence-corrected chi connectivity index (χ2v) is 13.8. The average Bonchev–Trinajstić information content (AvgIpc) is 3.66. The summed E-state index contributed by atoms with van der Waals surface area (Å²) in [6, 6.07) is 3.81. The molecule has 0 saturated carbocycles. The number of nitrogens with zero attached hydrogens (tertiary/aromatic N) is 3. The molecule has 2 aromatic heterocycles. The van der Waals surface area contributed by atoms with E-state index in [1.807, 2.05) is 43.8 Å². The van der Waals surface area contributed by atoms with Crippen LogP contribution in [0, 0.1) is 0 Å². The zero-order valence-corrected chi connectivity index (χ0v) is 29.5. The van der Waals surface area contributed by atoms with E-state index in [0.717, 1.165) is 66.4 Å². The molecule has 0 spiro atoms. The van der Waals surface area contributed by atoms with Gasteiger partial charge in [0, 0.05) is 60.6 Å². The summed E-state index contributed by atoms with van der Waals surface area (Å²) in [6.45, 7) is 9.37. The van der Waals surface area contributed by atoms with Crippen LogP contribution in [0.25, 0.3) is 22.0 Å². The van der Waals surface area contributed by atoms with Crippen molar-refractivity contribution in [2.45, 2.75) is 83.7 Å². The van der Waals surface area contributed by atoms with Gasteiger partial charge in [0.1, 0.15) is 11.8 Å². The highest BCUT2D eigenvalue weighted by atomic mass is 35.5. The number of carbonyl (C=O) groups excluding carboxylic acids is 2. The van der Waals surface area contributed by atoms with Crippen LogP contribution in [0.2, 0.25) is 10.0 Å². The topological polar surface area (TPSA) is 127 Å². The van der Waals surface area contributed by atoms with Gasteiger partial charge >= 0.3 is 6.09 Å². The van der Waals surface area contributed by atoms with Gasteiger partial charge in [-0.2, -0.15) is 5.10 Å². The summed E-state index contributed by atoms with van der Waals surface area (Å²) in [6.07, 6.45) is 8.44. The fourth-order valence-corrected chi connectivity index (χ4v) is 6.48. The number of ether oxygens (including phenoxy) is 5. The molecule has 2 N–H and O–H groups in total. The Morgan fingerprint density at radius 3 is 2.50 bits per heavy atom. The number of aromatic nitrogens is 3. The Kier molecular flexibility index (Phi) is 13.0. The van der Waals surface area contributed by atoms with E-state index in [0.29, 0.717) is 62.8 Å². The Balaban J connectivity index is 1.04. The van der Waals surface area contributed by atoms with Crippen molar-refractivity contribution in [1.29, 1.82) is 0 Å². The second kappa shape index (κ2) is 17.2. The highest BCUT2D eigenvalue weighted by Crippen LogP contribution is 2.43. The van der Waals surface area contributed by atoms with Gasteiger partial charge in [0.2, 0.25) is 5.91 Å². The minimum absolute atomic E-state index is 0.0431. The Bertz CT molecular complexity index is 1530. The van der Waals surface area contributed by atoms with Crippen molar-refractivity contribution in [2.75, 3.05) is 52.8 Å². The molecule has 0 aliphatic carbocycles. The molecule has 2 aliphatic heterocycles. The standard InChI is InChI=1S/C34H47Cl2N5O7/c1-34(2,3)48-33(43)37-12-15-45-17-19-46-18-16-44-14-11-28(42)39-24-7-10-27-30(23-20-38-41(21-23)29-6-4-5-13-47-29)25-8-9-26(35)31(36)32(25)40(27)22-24/h8-9,20-21,24,29H,4-7,10-19,22H2,1-3H3,(H,37,43)(H,39,42). The maximum Gasteiger partial charge on any atom is 0.407 e. The van der Waals surface area contributed by atoms with Crippen LogP contribution in [0.4, 0.5) is 4.79 Å². The molecule has 4 heterocycles. The van der Waals surface area contributed by atoms with Crippen LogP contribution in [0.1, 0.15) is 64.8 Å². The molecule has 14 heteroatoms. The second-order valence-electron chi connectivity index (χ2n) is 13.0. The van der Waals surface area contributed by atoms with E-state index in [9.17, 15) is 9.59 Å². The van der Waals surface area contributed by atoms with Crippen LogP contribution >= 0.6 is 23.2 Å². The van der Waals surface area contributed by atoms with Gasteiger partial charge in [0.15, 0.2) is 0 Å². The normalized spacial score (nSPS) is 18.1. The lowest BCUT2D eigenvalue weighted by Gasteiger charge is -2.27. The van der Waals surface area contributed by atoms with Gasteiger partial charge in [0.25, 0.3) is 0 Å². The molecular weight excluding hydrogens is 661 g/mol. The van der Waals surface area contributed by atoms with Crippen molar-refractivity contribution in [3.8, 4) is 11.1 Å². The van der Waals surface area contributed by atoms with E-state index in [-0.39, 0.29) is 24.6 Å². The minimum Gasteiger partial charge on any atom is -0.444 e. The van der Waals surface area contributed by atoms with Crippen molar-refractivity contribution in [3.63, 3.8) is 0 Å². The van der Waals surface area contributed by atoms with Gasteiger partial charge in [-0.15, -0.1) is 0 Å². The number of nitrogens with one attached hydrogen (secondary N) is 2. The van der Waals surface area contributed by atoms with Crippen LogP contribution < -0.4 is 10.6 Å². The quantitative estimate of drug-likeness (QED) is 0.187. The molecule has 264 valence electrons. The number of rotatable bonds is 15. The highest BCUT2D eigenvalue weighted by molar-refractivity contribution is 6.45. The number of amides is 2. The number of carbonyl (C=O) groups is 2. The average molecular weight is 709 g/mol. The molecule has 48 heavy (non-hydrogen) atoms. The predicted octanol–water partition coefficient (Wildman–Crippen LogP) is 5.91. The lowest BCUT2D eigenvalue weighted by atomic mass is 9.99. The molecule has 0 bridgehead atoms. The SMILES string of the molecule is CC(C)(C)OC(=O)NCCOCCOCCOCCC(=O)NC1CCc2c(-c3cnn(C4CCCCO4)c3)c3ccc(Cl)c(Cl)c3n2C1. The van der Waals surface area contributed by atoms with Crippen molar-refractivity contribution in [3.05, 3.63) is 40.3 Å². The van der Waals surface area contributed by atoms with E-state index in [4.69, 9.17) is 46.9 Å². The smallest absolute Gasteiger partial charge is 0.407 e.